The van der Waals surface area contributed by atoms with Gasteiger partial charge in [0.1, 0.15) is 5.78 Å². The lowest BCUT2D eigenvalue weighted by Gasteiger charge is -2.25. The predicted molar refractivity (Wildman–Crippen MR) is 189 cm³/mol. The zero-order valence-electron chi connectivity index (χ0n) is 28.8. The Balaban J connectivity index is 1.74. The molecule has 2 aromatic carbocycles. The first-order valence-electron chi connectivity index (χ1n) is 17.2. The molecule has 3 rings (SSSR count). The number of nitrogens with two attached hydrogens (primary N) is 2. The van der Waals surface area contributed by atoms with E-state index in [-0.39, 0.29) is 48.4 Å². The van der Waals surface area contributed by atoms with Crippen molar-refractivity contribution >= 4 is 23.3 Å². The summed E-state index contributed by atoms with van der Waals surface area (Å²) < 4.78 is 0. The number of carbonyl (C=O) groups is 4. The molecule has 0 fully saturated rings. The van der Waals surface area contributed by atoms with E-state index in [4.69, 9.17) is 11.5 Å². The summed E-state index contributed by atoms with van der Waals surface area (Å²) in [5, 5.41) is 3.01. The van der Waals surface area contributed by atoms with E-state index in [0.29, 0.717) is 38.6 Å². The van der Waals surface area contributed by atoms with E-state index in [9.17, 15) is 19.2 Å². The van der Waals surface area contributed by atoms with Gasteiger partial charge in [-0.05, 0) is 69.0 Å². The highest BCUT2D eigenvalue weighted by molar-refractivity contribution is 5.95. The van der Waals surface area contributed by atoms with Crippen LogP contribution in [0.1, 0.15) is 81.3 Å². The first kappa shape index (κ1) is 38.4. The number of nitrogens with zero attached hydrogens (tertiary/aromatic N) is 2. The van der Waals surface area contributed by atoms with E-state index < -0.39 is 23.9 Å². The summed E-state index contributed by atoms with van der Waals surface area (Å²) >= 11 is 0. The van der Waals surface area contributed by atoms with Gasteiger partial charge in [0.2, 0.25) is 5.91 Å². The lowest BCUT2D eigenvalue weighted by atomic mass is 9.85. The molecule has 0 bridgehead atoms. The quantitative estimate of drug-likeness (QED) is 0.129. The zero-order chi connectivity index (χ0) is 34.9. The number of aryl methyl sites for hydroxylation is 2. The maximum atomic E-state index is 13.9. The molecule has 0 spiro atoms. The molecule has 4 atom stereocenters. The Morgan fingerprint density at radius 1 is 0.771 bits per heavy atom. The van der Waals surface area contributed by atoms with Crippen LogP contribution in [0.25, 0.3) is 0 Å². The van der Waals surface area contributed by atoms with Crippen LogP contribution in [0.2, 0.25) is 0 Å². The van der Waals surface area contributed by atoms with Crippen LogP contribution >= 0.6 is 0 Å². The first-order valence-corrected chi connectivity index (χ1v) is 17.2. The molecule has 1 aromatic heterocycles. The summed E-state index contributed by atoms with van der Waals surface area (Å²) in [6.45, 7) is 6.35. The number of hydrogen-bond donors (Lipinski definition) is 3. The van der Waals surface area contributed by atoms with Gasteiger partial charge < -0.3 is 16.8 Å². The Kier molecular flexibility index (Phi) is 16.2. The number of Topliss-reactive ketones (excluding diaryl/α,β-unsaturated/α-hetero) is 3. The third-order valence-electron chi connectivity index (χ3n) is 8.64. The van der Waals surface area contributed by atoms with E-state index >= 15 is 0 Å². The van der Waals surface area contributed by atoms with Gasteiger partial charge in [-0.2, -0.15) is 0 Å². The van der Waals surface area contributed by atoms with E-state index in [1.165, 1.54) is 0 Å². The molecule has 0 aliphatic carbocycles. The molecular weight excluding hydrogens is 602 g/mol. The molecule has 0 aliphatic heterocycles. The van der Waals surface area contributed by atoms with E-state index in [1.807, 2.05) is 81.4 Å². The van der Waals surface area contributed by atoms with Crippen molar-refractivity contribution in [3.8, 4) is 0 Å². The topological polar surface area (TPSA) is 158 Å². The molecule has 1 amide bonds. The van der Waals surface area contributed by atoms with Crippen LogP contribution in [0.5, 0.6) is 0 Å². The minimum absolute atomic E-state index is 0.00248. The Labute approximate surface area is 285 Å². The molecule has 3 aromatic rings. The molecule has 0 saturated carbocycles. The van der Waals surface area contributed by atoms with Gasteiger partial charge in [0.25, 0.3) is 0 Å². The van der Waals surface area contributed by atoms with Crippen LogP contribution < -0.4 is 16.8 Å². The predicted octanol–water partition coefficient (Wildman–Crippen LogP) is 4.91. The Hall–Kier alpha value is -4.08. The molecular formula is C39H53N5O4. The highest BCUT2D eigenvalue weighted by Gasteiger charge is 2.31. The number of hydrogen-bond acceptors (Lipinski definition) is 8. The van der Waals surface area contributed by atoms with Crippen LogP contribution in [0.4, 0.5) is 0 Å². The van der Waals surface area contributed by atoms with Gasteiger partial charge in [-0.1, -0.05) is 80.9 Å². The average Bonchev–Trinajstić information content (AvgIpc) is 3.07. The van der Waals surface area contributed by atoms with Crippen molar-refractivity contribution in [3.63, 3.8) is 0 Å². The standard InChI is InChI=1S/C39H53N5O4/c1-27(2)20-35(38(47)23-31(16-10-11-19-40)36(45)18-17-33-26-42-28(3)25-43-33)44-39(48)32(21-29-12-6-4-7-13-29)24-37(46)34(41)22-30-14-8-5-9-15-30/h4-9,12-15,25-27,31-32,34-35H,10-11,16-24,40-41H2,1-3H3,(H,44,48)/t31-,32-,34+,35+/m0/s1. The fourth-order valence-corrected chi connectivity index (χ4v) is 5.86. The van der Waals surface area contributed by atoms with Crippen molar-refractivity contribution in [1.29, 1.82) is 0 Å². The fourth-order valence-electron chi connectivity index (χ4n) is 5.86. The Morgan fingerprint density at radius 3 is 1.98 bits per heavy atom. The number of carbonyl (C=O) groups excluding carboxylic acids is 4. The maximum absolute atomic E-state index is 13.9. The lowest BCUT2D eigenvalue weighted by molar-refractivity contribution is -0.134. The fraction of sp³-hybridized carbons (Fsp3) is 0.487. The van der Waals surface area contributed by atoms with Crippen molar-refractivity contribution < 1.29 is 19.2 Å². The third kappa shape index (κ3) is 13.6. The van der Waals surface area contributed by atoms with Crippen LogP contribution in [0.3, 0.4) is 0 Å². The maximum Gasteiger partial charge on any atom is 0.224 e. The van der Waals surface area contributed by atoms with Gasteiger partial charge in [0.15, 0.2) is 11.6 Å². The summed E-state index contributed by atoms with van der Waals surface area (Å²) in [6, 6.07) is 17.6. The second-order valence-electron chi connectivity index (χ2n) is 13.3. The van der Waals surface area contributed by atoms with E-state index in [2.05, 4.69) is 15.3 Å². The second-order valence-corrected chi connectivity index (χ2v) is 13.3. The smallest absolute Gasteiger partial charge is 0.224 e. The SMILES string of the molecule is Cc1cnc(CCC(=O)[C@@H](CCCCN)CC(=O)[C@@H](CC(C)C)NC(=O)[C@H](CC(=O)[C@H](N)Cc2ccccc2)Cc2ccccc2)cn1. The van der Waals surface area contributed by atoms with Gasteiger partial charge in [-0.15, -0.1) is 0 Å². The molecule has 0 aliphatic rings. The number of benzene rings is 2. The number of aromatic nitrogens is 2. The van der Waals surface area contributed by atoms with Crippen molar-refractivity contribution in [1.82, 2.24) is 15.3 Å². The van der Waals surface area contributed by atoms with Crippen LogP contribution in [0, 0.1) is 24.7 Å². The van der Waals surface area contributed by atoms with Crippen molar-refractivity contribution in [2.45, 2.75) is 97.1 Å². The molecule has 0 saturated heterocycles. The number of unbranched alkanes of at least 4 members (excludes halogenated alkanes) is 1. The minimum atomic E-state index is -0.781. The second kappa shape index (κ2) is 20.3. The molecule has 1 heterocycles. The highest BCUT2D eigenvalue weighted by Crippen LogP contribution is 2.22. The molecule has 9 nitrogen and oxygen atoms in total. The van der Waals surface area contributed by atoms with Gasteiger partial charge >= 0.3 is 0 Å². The van der Waals surface area contributed by atoms with Gasteiger partial charge in [0, 0.05) is 43.5 Å². The largest absolute Gasteiger partial charge is 0.346 e. The summed E-state index contributed by atoms with van der Waals surface area (Å²) in [5.74, 6) is -1.82. The van der Waals surface area contributed by atoms with Crippen LogP contribution in [0.15, 0.2) is 73.1 Å². The highest BCUT2D eigenvalue weighted by atomic mass is 16.2. The average molecular weight is 656 g/mol. The number of amides is 1. The third-order valence-corrected chi connectivity index (χ3v) is 8.64. The van der Waals surface area contributed by atoms with Crippen molar-refractivity contribution in [3.05, 3.63) is 95.6 Å². The van der Waals surface area contributed by atoms with E-state index in [0.717, 1.165) is 35.4 Å². The van der Waals surface area contributed by atoms with Gasteiger partial charge in [0.05, 0.1) is 23.5 Å². The van der Waals surface area contributed by atoms with Crippen LogP contribution in [-0.2, 0) is 38.4 Å². The molecule has 0 radical (unpaired) electrons. The number of rotatable bonds is 22. The Morgan fingerprint density at radius 2 is 1.40 bits per heavy atom. The zero-order valence-corrected chi connectivity index (χ0v) is 28.8. The lowest BCUT2D eigenvalue weighted by Crippen LogP contribution is -2.46. The minimum Gasteiger partial charge on any atom is -0.346 e. The summed E-state index contributed by atoms with van der Waals surface area (Å²) in [6.07, 6.45) is 7.22. The molecule has 0 unspecified atom stereocenters. The van der Waals surface area contributed by atoms with Crippen molar-refractivity contribution in [2.24, 2.45) is 29.2 Å². The van der Waals surface area contributed by atoms with Crippen molar-refractivity contribution in [2.75, 3.05) is 6.54 Å². The number of nitrogens with one attached hydrogen (secondary N) is 1. The first-order chi connectivity index (χ1) is 23.0. The monoisotopic (exact) mass is 655 g/mol. The number of ketones is 3. The normalized spacial score (nSPS) is 13.8. The summed E-state index contributed by atoms with van der Waals surface area (Å²) in [4.78, 5) is 63.2. The molecule has 48 heavy (non-hydrogen) atoms. The van der Waals surface area contributed by atoms with Gasteiger partial charge in [-0.25, -0.2) is 0 Å². The Bertz CT molecular complexity index is 1430. The summed E-state index contributed by atoms with van der Waals surface area (Å²) in [5.41, 5.74) is 15.5. The van der Waals surface area contributed by atoms with Gasteiger partial charge in [-0.3, -0.25) is 29.1 Å². The van der Waals surface area contributed by atoms with E-state index in [1.54, 1.807) is 12.4 Å². The molecule has 9 heteroatoms. The molecule has 5 N–H and O–H groups in total. The molecule has 258 valence electrons. The summed E-state index contributed by atoms with van der Waals surface area (Å²) in [7, 11) is 0. The van der Waals surface area contributed by atoms with Crippen LogP contribution in [-0.4, -0.2) is 51.9 Å².